The molecule has 36 valence electrons. The van der Waals surface area contributed by atoms with E-state index in [0.717, 1.165) is 0 Å². The summed E-state index contributed by atoms with van der Waals surface area (Å²) in [5.41, 5.74) is 4.91. The van der Waals surface area contributed by atoms with Gasteiger partial charge in [0.25, 0.3) is 0 Å². The van der Waals surface area contributed by atoms with E-state index in [-0.39, 0.29) is 5.84 Å². The fourth-order valence-corrected chi connectivity index (χ4v) is 0.0943. The predicted octanol–water partition coefficient (Wildman–Crippen LogP) is 0.290. The summed E-state index contributed by atoms with van der Waals surface area (Å²) in [6, 6.07) is 0. The zero-order valence-corrected chi connectivity index (χ0v) is 3.61. The van der Waals surface area contributed by atoms with Crippen LogP contribution in [0, 0.1) is 0 Å². The number of nitrogens with two attached hydrogens (primary N) is 1. The van der Waals surface area contributed by atoms with Crippen LogP contribution < -0.4 is 5.73 Å². The third-order valence-electron chi connectivity index (χ3n) is 0.309. The second-order valence-electron chi connectivity index (χ2n) is 0.919. The Morgan fingerprint density at radius 3 is 2.50 bits per heavy atom. The molecule has 0 saturated carbocycles. The molecule has 6 heavy (non-hydrogen) atoms. The first kappa shape index (κ1) is 5.40. The average molecular weight is 90.1 g/mol. The topological polar surface area (TPSA) is 38.4 Å². The third-order valence-corrected chi connectivity index (χ3v) is 0.309. The molecular formula is C3H7FN2. The molecule has 0 aliphatic rings. The molecule has 0 bridgehead atoms. The van der Waals surface area contributed by atoms with Crippen molar-refractivity contribution in [3.63, 3.8) is 0 Å². The summed E-state index contributed by atoms with van der Waals surface area (Å²) in [6.07, 6.45) is 0. The minimum atomic E-state index is -0.706. The van der Waals surface area contributed by atoms with E-state index < -0.39 is 6.80 Å². The van der Waals surface area contributed by atoms with E-state index >= 15 is 0 Å². The summed E-state index contributed by atoms with van der Waals surface area (Å²) < 4.78 is 11.0. The Morgan fingerprint density at radius 1 is 2.00 bits per heavy atom. The molecular weight excluding hydrogens is 83.0 g/mol. The van der Waals surface area contributed by atoms with Crippen molar-refractivity contribution in [2.24, 2.45) is 10.7 Å². The van der Waals surface area contributed by atoms with Crippen molar-refractivity contribution >= 4 is 5.84 Å². The van der Waals surface area contributed by atoms with Gasteiger partial charge in [0.05, 0.1) is 5.84 Å². The molecule has 3 heteroatoms. The summed E-state index contributed by atoms with van der Waals surface area (Å²) in [5, 5.41) is 0. The van der Waals surface area contributed by atoms with Gasteiger partial charge in [-0.25, -0.2) is 9.38 Å². The Bertz CT molecular complexity index is 55.8. The highest BCUT2D eigenvalue weighted by atomic mass is 19.1. The minimum Gasteiger partial charge on any atom is -0.388 e. The van der Waals surface area contributed by atoms with Gasteiger partial charge in [-0.05, 0) is 6.92 Å². The molecule has 0 atom stereocenters. The number of rotatable bonds is 1. The number of halogens is 1. The Morgan fingerprint density at radius 2 is 2.50 bits per heavy atom. The normalized spacial score (nSPS) is 12.0. The first-order valence-corrected chi connectivity index (χ1v) is 1.60. The van der Waals surface area contributed by atoms with Crippen molar-refractivity contribution < 1.29 is 4.39 Å². The third kappa shape index (κ3) is 3.40. The van der Waals surface area contributed by atoms with Gasteiger partial charge < -0.3 is 5.73 Å². The number of hydrogen-bond acceptors (Lipinski definition) is 1. The van der Waals surface area contributed by atoms with Crippen molar-refractivity contribution in [3.8, 4) is 0 Å². The van der Waals surface area contributed by atoms with Gasteiger partial charge >= 0.3 is 0 Å². The standard InChI is InChI=1S/C3H7FN2/c1-3(5)6-2-4/h2H2,1H3,(H2,5,6). The summed E-state index contributed by atoms with van der Waals surface area (Å²) in [7, 11) is 0. The van der Waals surface area contributed by atoms with Crippen molar-refractivity contribution in [2.45, 2.75) is 6.92 Å². The summed E-state index contributed by atoms with van der Waals surface area (Å²) in [6.45, 7) is 0.835. The zero-order chi connectivity index (χ0) is 4.99. The molecule has 0 unspecified atom stereocenters. The maximum absolute atomic E-state index is 11.0. The lowest BCUT2D eigenvalue weighted by atomic mass is 10.7. The summed E-state index contributed by atoms with van der Waals surface area (Å²) in [5.74, 6) is 0.289. The highest BCUT2D eigenvalue weighted by Crippen LogP contribution is 1.67. The van der Waals surface area contributed by atoms with Crippen LogP contribution in [0.25, 0.3) is 0 Å². The van der Waals surface area contributed by atoms with Gasteiger partial charge in [0.2, 0.25) is 0 Å². The Hall–Kier alpha value is -0.600. The maximum Gasteiger partial charge on any atom is 0.181 e. The molecule has 0 radical (unpaired) electrons. The number of alkyl halides is 1. The predicted molar refractivity (Wildman–Crippen MR) is 23.3 cm³/mol. The van der Waals surface area contributed by atoms with E-state index in [4.69, 9.17) is 5.73 Å². The van der Waals surface area contributed by atoms with E-state index in [1.165, 1.54) is 0 Å². The van der Waals surface area contributed by atoms with E-state index in [2.05, 4.69) is 4.99 Å². The van der Waals surface area contributed by atoms with Crippen molar-refractivity contribution in [2.75, 3.05) is 6.80 Å². The number of amidine groups is 1. The highest BCUT2D eigenvalue weighted by molar-refractivity contribution is 5.77. The van der Waals surface area contributed by atoms with Gasteiger partial charge in [0.15, 0.2) is 6.80 Å². The average Bonchev–Trinajstić information content (AvgIpc) is 1.35. The van der Waals surface area contributed by atoms with Crippen LogP contribution in [0.3, 0.4) is 0 Å². The molecule has 2 nitrogen and oxygen atoms in total. The van der Waals surface area contributed by atoms with Crippen LogP contribution in [0.1, 0.15) is 6.92 Å². The second kappa shape index (κ2) is 2.63. The SMILES string of the molecule is C/C(N)=N\CF. The molecule has 0 aromatic heterocycles. The van der Waals surface area contributed by atoms with Crippen LogP contribution in [-0.4, -0.2) is 12.6 Å². The van der Waals surface area contributed by atoms with E-state index in [1.807, 2.05) is 0 Å². The van der Waals surface area contributed by atoms with Gasteiger partial charge in [-0.15, -0.1) is 0 Å². The molecule has 0 fully saturated rings. The Labute approximate surface area is 35.9 Å². The molecule has 0 aliphatic carbocycles. The van der Waals surface area contributed by atoms with Crippen LogP contribution in [0.4, 0.5) is 4.39 Å². The fraction of sp³-hybridized carbons (Fsp3) is 0.667. The summed E-state index contributed by atoms with van der Waals surface area (Å²) >= 11 is 0. The van der Waals surface area contributed by atoms with Crippen LogP contribution in [0.15, 0.2) is 4.99 Å². The van der Waals surface area contributed by atoms with Crippen LogP contribution >= 0.6 is 0 Å². The largest absolute Gasteiger partial charge is 0.388 e. The van der Waals surface area contributed by atoms with Gasteiger partial charge in [0.1, 0.15) is 0 Å². The lowest BCUT2D eigenvalue weighted by Gasteiger charge is -1.79. The van der Waals surface area contributed by atoms with Gasteiger partial charge in [-0.3, -0.25) is 0 Å². The molecule has 2 N–H and O–H groups in total. The molecule has 0 spiro atoms. The molecule has 0 aliphatic heterocycles. The van der Waals surface area contributed by atoms with Gasteiger partial charge in [-0.2, -0.15) is 0 Å². The lowest BCUT2D eigenvalue weighted by molar-refractivity contribution is 0.512. The van der Waals surface area contributed by atoms with Crippen molar-refractivity contribution in [1.29, 1.82) is 0 Å². The first-order chi connectivity index (χ1) is 2.77. The first-order valence-electron chi connectivity index (χ1n) is 1.60. The maximum atomic E-state index is 11.0. The van der Waals surface area contributed by atoms with Crippen molar-refractivity contribution in [1.82, 2.24) is 0 Å². The van der Waals surface area contributed by atoms with Gasteiger partial charge in [0, 0.05) is 0 Å². The van der Waals surface area contributed by atoms with Gasteiger partial charge in [-0.1, -0.05) is 0 Å². The highest BCUT2D eigenvalue weighted by Gasteiger charge is 1.70. The Kier molecular flexibility index (Phi) is 2.36. The molecule has 0 saturated heterocycles. The fourth-order valence-electron chi connectivity index (χ4n) is 0.0943. The lowest BCUT2D eigenvalue weighted by Crippen LogP contribution is -2.04. The summed E-state index contributed by atoms with van der Waals surface area (Å²) in [4.78, 5) is 3.15. The minimum absolute atomic E-state index is 0.289. The molecule has 0 heterocycles. The molecule has 0 aromatic rings. The Balaban J connectivity index is 3.14. The van der Waals surface area contributed by atoms with E-state index in [0.29, 0.717) is 0 Å². The van der Waals surface area contributed by atoms with E-state index in [9.17, 15) is 4.39 Å². The second-order valence-corrected chi connectivity index (χ2v) is 0.919. The molecule has 0 aromatic carbocycles. The smallest absolute Gasteiger partial charge is 0.181 e. The molecule has 0 rings (SSSR count). The van der Waals surface area contributed by atoms with Crippen LogP contribution in [-0.2, 0) is 0 Å². The van der Waals surface area contributed by atoms with E-state index in [1.54, 1.807) is 6.92 Å². The monoisotopic (exact) mass is 90.1 g/mol. The quantitative estimate of drug-likeness (QED) is 0.280. The van der Waals surface area contributed by atoms with Crippen LogP contribution in [0.5, 0.6) is 0 Å². The van der Waals surface area contributed by atoms with Crippen LogP contribution in [0.2, 0.25) is 0 Å². The zero-order valence-electron chi connectivity index (χ0n) is 3.61. The number of hydrogen-bond donors (Lipinski definition) is 1. The molecule has 0 amide bonds. The number of nitrogens with zero attached hydrogens (tertiary/aromatic N) is 1. The van der Waals surface area contributed by atoms with Crippen molar-refractivity contribution in [3.05, 3.63) is 0 Å². The number of aliphatic imine (C=N–C) groups is 1.